The Bertz CT molecular complexity index is 493. The zero-order valence-electron chi connectivity index (χ0n) is 12.0. The molecule has 0 N–H and O–H groups in total. The fourth-order valence-electron chi connectivity index (χ4n) is 2.75. The Kier molecular flexibility index (Phi) is 3.87. The highest BCUT2D eigenvalue weighted by molar-refractivity contribution is 6.30. The van der Waals surface area contributed by atoms with E-state index in [1.807, 2.05) is 58.0 Å². The summed E-state index contributed by atoms with van der Waals surface area (Å²) in [5.41, 5.74) is 0.946. The van der Waals surface area contributed by atoms with E-state index in [0.717, 1.165) is 5.02 Å². The molecule has 1 fully saturated rings. The summed E-state index contributed by atoms with van der Waals surface area (Å²) < 4.78 is 0. The van der Waals surface area contributed by atoms with Gasteiger partial charge in [0.2, 0.25) is 0 Å². The van der Waals surface area contributed by atoms with Crippen LogP contribution in [-0.2, 0) is 4.79 Å². The number of allylic oxidation sites excluding steroid dienone is 2. The third-order valence-electron chi connectivity index (χ3n) is 3.79. The molecule has 19 heavy (non-hydrogen) atoms. The molecule has 1 aromatic carbocycles. The van der Waals surface area contributed by atoms with E-state index in [4.69, 9.17) is 11.6 Å². The SMILES string of the molecule is C/C=C/[C@H]1[C@H](C(=O)C(C)(C)C)[C@H]1c1ccc(Cl)cc1. The average Bonchev–Trinajstić information content (AvgIpc) is 3.02. The van der Waals surface area contributed by atoms with Crippen molar-refractivity contribution in [3.8, 4) is 0 Å². The van der Waals surface area contributed by atoms with Crippen molar-refractivity contribution in [2.75, 3.05) is 0 Å². The molecular formula is C17H21ClO. The molecule has 0 radical (unpaired) electrons. The maximum absolute atomic E-state index is 12.5. The van der Waals surface area contributed by atoms with E-state index < -0.39 is 0 Å². The Morgan fingerprint density at radius 2 is 1.79 bits per heavy atom. The molecule has 0 spiro atoms. The third-order valence-corrected chi connectivity index (χ3v) is 4.04. The minimum absolute atomic E-state index is 0.123. The quantitative estimate of drug-likeness (QED) is 0.721. The summed E-state index contributed by atoms with van der Waals surface area (Å²) in [6, 6.07) is 7.89. The number of ketones is 1. The first-order valence-corrected chi connectivity index (χ1v) is 7.16. The minimum Gasteiger partial charge on any atom is -0.299 e. The summed E-state index contributed by atoms with van der Waals surface area (Å²) in [4.78, 5) is 12.5. The Hall–Kier alpha value is -1.08. The molecule has 0 aromatic heterocycles. The summed E-state index contributed by atoms with van der Waals surface area (Å²) in [5, 5.41) is 0.741. The van der Waals surface area contributed by atoms with Gasteiger partial charge in [-0.1, -0.05) is 56.7 Å². The predicted molar refractivity (Wildman–Crippen MR) is 80.4 cm³/mol. The molecule has 0 saturated heterocycles. The van der Waals surface area contributed by atoms with Crippen molar-refractivity contribution in [1.29, 1.82) is 0 Å². The van der Waals surface area contributed by atoms with Gasteiger partial charge in [0.05, 0.1) is 0 Å². The fraction of sp³-hybridized carbons (Fsp3) is 0.471. The van der Waals surface area contributed by atoms with Crippen LogP contribution in [0.15, 0.2) is 36.4 Å². The zero-order valence-corrected chi connectivity index (χ0v) is 12.7. The summed E-state index contributed by atoms with van der Waals surface area (Å²) in [6.45, 7) is 8.01. The van der Waals surface area contributed by atoms with Gasteiger partial charge in [0.1, 0.15) is 5.78 Å². The normalized spacial score (nSPS) is 26.7. The van der Waals surface area contributed by atoms with Crippen LogP contribution < -0.4 is 0 Å². The number of carbonyl (C=O) groups is 1. The number of Topliss-reactive ketones (excluding diaryl/α,β-unsaturated/α-hetero) is 1. The Morgan fingerprint density at radius 3 is 2.26 bits per heavy atom. The molecule has 0 amide bonds. The summed E-state index contributed by atoms with van der Waals surface area (Å²) >= 11 is 5.92. The lowest BCUT2D eigenvalue weighted by Gasteiger charge is -2.16. The second-order valence-electron chi connectivity index (χ2n) is 6.32. The van der Waals surface area contributed by atoms with Crippen LogP contribution in [0.2, 0.25) is 5.02 Å². The molecule has 0 aliphatic heterocycles. The van der Waals surface area contributed by atoms with E-state index in [9.17, 15) is 4.79 Å². The van der Waals surface area contributed by atoms with Crippen LogP contribution in [0.3, 0.4) is 0 Å². The molecule has 1 aromatic rings. The molecule has 1 aliphatic rings. The van der Waals surface area contributed by atoms with E-state index in [1.165, 1.54) is 5.56 Å². The number of carbonyl (C=O) groups excluding carboxylic acids is 1. The van der Waals surface area contributed by atoms with Gasteiger partial charge in [-0.05, 0) is 30.5 Å². The summed E-state index contributed by atoms with van der Waals surface area (Å²) in [6.07, 6.45) is 4.21. The number of benzene rings is 1. The maximum atomic E-state index is 12.5. The van der Waals surface area contributed by atoms with E-state index in [-0.39, 0.29) is 11.3 Å². The van der Waals surface area contributed by atoms with Crippen LogP contribution in [0.5, 0.6) is 0 Å². The first-order chi connectivity index (χ1) is 8.86. The van der Waals surface area contributed by atoms with Gasteiger partial charge in [-0.2, -0.15) is 0 Å². The Balaban J connectivity index is 2.25. The molecule has 3 atom stereocenters. The van der Waals surface area contributed by atoms with Gasteiger partial charge in [-0.25, -0.2) is 0 Å². The number of rotatable bonds is 3. The minimum atomic E-state index is -0.272. The van der Waals surface area contributed by atoms with Crippen molar-refractivity contribution in [3.63, 3.8) is 0 Å². The van der Waals surface area contributed by atoms with Crippen molar-refractivity contribution in [1.82, 2.24) is 0 Å². The van der Waals surface area contributed by atoms with E-state index in [0.29, 0.717) is 17.6 Å². The first kappa shape index (κ1) is 14.3. The van der Waals surface area contributed by atoms with E-state index in [1.54, 1.807) is 0 Å². The largest absolute Gasteiger partial charge is 0.299 e. The number of hydrogen-bond acceptors (Lipinski definition) is 1. The molecule has 0 heterocycles. The topological polar surface area (TPSA) is 17.1 Å². The highest BCUT2D eigenvalue weighted by Crippen LogP contribution is 2.57. The number of hydrogen-bond donors (Lipinski definition) is 0. The van der Waals surface area contributed by atoms with Crippen molar-refractivity contribution in [2.45, 2.75) is 33.6 Å². The van der Waals surface area contributed by atoms with Gasteiger partial charge in [0, 0.05) is 22.3 Å². The summed E-state index contributed by atoms with van der Waals surface area (Å²) in [7, 11) is 0. The molecule has 1 aliphatic carbocycles. The van der Waals surface area contributed by atoms with Crippen molar-refractivity contribution < 1.29 is 4.79 Å². The van der Waals surface area contributed by atoms with Gasteiger partial charge in [0.25, 0.3) is 0 Å². The molecule has 0 unspecified atom stereocenters. The van der Waals surface area contributed by atoms with Crippen LogP contribution in [0.4, 0.5) is 0 Å². The second-order valence-corrected chi connectivity index (χ2v) is 6.76. The smallest absolute Gasteiger partial charge is 0.142 e. The second kappa shape index (κ2) is 5.13. The predicted octanol–water partition coefficient (Wildman–Crippen LogP) is 4.86. The highest BCUT2D eigenvalue weighted by Gasteiger charge is 2.55. The van der Waals surface area contributed by atoms with Crippen LogP contribution in [0.1, 0.15) is 39.2 Å². The van der Waals surface area contributed by atoms with E-state index in [2.05, 4.69) is 6.08 Å². The highest BCUT2D eigenvalue weighted by atomic mass is 35.5. The average molecular weight is 277 g/mol. The molecule has 102 valence electrons. The molecular weight excluding hydrogens is 256 g/mol. The molecule has 1 saturated carbocycles. The lowest BCUT2D eigenvalue weighted by molar-refractivity contribution is -0.127. The van der Waals surface area contributed by atoms with Gasteiger partial charge in [-0.3, -0.25) is 4.79 Å². The van der Waals surface area contributed by atoms with Crippen LogP contribution in [0, 0.1) is 17.3 Å². The van der Waals surface area contributed by atoms with Crippen LogP contribution in [0.25, 0.3) is 0 Å². The lowest BCUT2D eigenvalue weighted by atomic mass is 9.86. The zero-order chi connectivity index (χ0) is 14.2. The van der Waals surface area contributed by atoms with Gasteiger partial charge in [0.15, 0.2) is 0 Å². The van der Waals surface area contributed by atoms with Crippen molar-refractivity contribution in [3.05, 3.63) is 47.0 Å². The van der Waals surface area contributed by atoms with Crippen LogP contribution >= 0.6 is 11.6 Å². The van der Waals surface area contributed by atoms with Crippen molar-refractivity contribution in [2.24, 2.45) is 17.3 Å². The standard InChI is InChI=1S/C17H21ClO/c1-5-6-13-14(11-7-9-12(18)10-8-11)15(13)16(19)17(2,3)4/h5-10,13-15H,1-4H3/b6-5+/t13-,14+,15+/m1/s1. The van der Waals surface area contributed by atoms with E-state index >= 15 is 0 Å². The number of halogens is 1. The molecule has 2 rings (SSSR count). The molecule has 0 bridgehead atoms. The van der Waals surface area contributed by atoms with Gasteiger partial charge < -0.3 is 0 Å². The van der Waals surface area contributed by atoms with Crippen LogP contribution in [-0.4, -0.2) is 5.78 Å². The molecule has 1 nitrogen and oxygen atoms in total. The first-order valence-electron chi connectivity index (χ1n) is 6.79. The fourth-order valence-corrected chi connectivity index (χ4v) is 2.87. The molecule has 2 heteroatoms. The third kappa shape index (κ3) is 2.92. The summed E-state index contributed by atoms with van der Waals surface area (Å²) in [5.74, 6) is 1.14. The maximum Gasteiger partial charge on any atom is 0.142 e. The monoisotopic (exact) mass is 276 g/mol. The van der Waals surface area contributed by atoms with Gasteiger partial charge in [-0.15, -0.1) is 0 Å². The Morgan fingerprint density at radius 1 is 1.21 bits per heavy atom. The van der Waals surface area contributed by atoms with Crippen molar-refractivity contribution >= 4 is 17.4 Å². The Labute approximate surface area is 120 Å². The lowest BCUT2D eigenvalue weighted by Crippen LogP contribution is -2.23. The van der Waals surface area contributed by atoms with Gasteiger partial charge >= 0.3 is 0 Å².